The van der Waals surface area contributed by atoms with Crippen LogP contribution < -0.4 is 4.72 Å². The predicted molar refractivity (Wildman–Crippen MR) is 101 cm³/mol. The van der Waals surface area contributed by atoms with Crippen LogP contribution in [0.2, 0.25) is 5.02 Å². The molecule has 3 aromatic rings. The molecular weight excluding hydrogens is 397 g/mol. The van der Waals surface area contributed by atoms with Gasteiger partial charge in [0.25, 0.3) is 0 Å². The monoisotopic (exact) mass is 413 g/mol. The lowest BCUT2D eigenvalue weighted by Crippen LogP contribution is -2.22. The van der Waals surface area contributed by atoms with Gasteiger partial charge < -0.3 is 0 Å². The molecule has 0 saturated heterocycles. The molecule has 138 valence electrons. The Kier molecular flexibility index (Phi) is 5.47. The highest BCUT2D eigenvalue weighted by atomic mass is 35.5. The van der Waals surface area contributed by atoms with Gasteiger partial charge in [0.2, 0.25) is 10.0 Å². The Balaban J connectivity index is 1.80. The van der Waals surface area contributed by atoms with E-state index in [2.05, 4.69) is 9.82 Å². The lowest BCUT2D eigenvalue weighted by Gasteiger charge is -2.09. The maximum Gasteiger partial charge on any atom is 0.250 e. The van der Waals surface area contributed by atoms with Crippen molar-refractivity contribution in [2.75, 3.05) is 0 Å². The number of rotatable bonds is 6. The summed E-state index contributed by atoms with van der Waals surface area (Å²) in [6, 6.07) is 7.49. The molecule has 0 spiro atoms. The van der Waals surface area contributed by atoms with E-state index < -0.39 is 15.8 Å². The van der Waals surface area contributed by atoms with E-state index in [0.717, 1.165) is 28.7 Å². The smallest absolute Gasteiger partial charge is 0.250 e. The number of benzene rings is 1. The van der Waals surface area contributed by atoms with Gasteiger partial charge in [-0.1, -0.05) is 17.7 Å². The highest BCUT2D eigenvalue weighted by Crippen LogP contribution is 2.30. The van der Waals surface area contributed by atoms with Gasteiger partial charge in [-0.05, 0) is 43.7 Å². The zero-order valence-electron chi connectivity index (χ0n) is 14.1. The van der Waals surface area contributed by atoms with Crippen LogP contribution in [-0.4, -0.2) is 18.2 Å². The SMILES string of the molecule is CC(C)n1nccc1-c1csc(S(=O)(=O)NCc2ccc(F)cc2Cl)c1. The van der Waals surface area contributed by atoms with Crippen molar-refractivity contribution in [3.8, 4) is 11.3 Å². The number of halogens is 2. The third-order valence-corrected chi connectivity index (χ3v) is 6.96. The van der Waals surface area contributed by atoms with E-state index >= 15 is 0 Å². The van der Waals surface area contributed by atoms with Crippen molar-refractivity contribution in [3.05, 3.63) is 58.3 Å². The second kappa shape index (κ2) is 7.48. The fourth-order valence-corrected chi connectivity index (χ4v) is 4.91. The summed E-state index contributed by atoms with van der Waals surface area (Å²) < 4.78 is 42.7. The minimum absolute atomic E-state index is 0.0153. The Bertz CT molecular complexity index is 1030. The highest BCUT2D eigenvalue weighted by Gasteiger charge is 2.19. The Morgan fingerprint density at radius 1 is 1.31 bits per heavy atom. The first-order chi connectivity index (χ1) is 12.3. The van der Waals surface area contributed by atoms with Gasteiger partial charge in [0.05, 0.1) is 5.69 Å². The van der Waals surface area contributed by atoms with Crippen molar-refractivity contribution in [2.45, 2.75) is 30.6 Å². The topological polar surface area (TPSA) is 64.0 Å². The number of nitrogens with one attached hydrogen (secondary N) is 1. The van der Waals surface area contributed by atoms with Crippen LogP contribution in [0.5, 0.6) is 0 Å². The van der Waals surface area contributed by atoms with Crippen LogP contribution in [0, 0.1) is 5.82 Å². The molecule has 5 nitrogen and oxygen atoms in total. The Morgan fingerprint density at radius 2 is 2.08 bits per heavy atom. The van der Waals surface area contributed by atoms with E-state index in [1.165, 1.54) is 12.1 Å². The molecular formula is C17H17ClFN3O2S2. The minimum atomic E-state index is -3.70. The van der Waals surface area contributed by atoms with Crippen LogP contribution in [0.3, 0.4) is 0 Å². The largest absolute Gasteiger partial charge is 0.262 e. The average molecular weight is 414 g/mol. The minimum Gasteiger partial charge on any atom is -0.262 e. The van der Waals surface area contributed by atoms with Gasteiger partial charge in [-0.25, -0.2) is 17.5 Å². The lowest BCUT2D eigenvalue weighted by atomic mass is 10.2. The van der Waals surface area contributed by atoms with E-state index in [0.29, 0.717) is 5.56 Å². The first-order valence-electron chi connectivity index (χ1n) is 7.84. The van der Waals surface area contributed by atoms with E-state index in [-0.39, 0.29) is 21.8 Å². The molecule has 0 amide bonds. The molecule has 0 radical (unpaired) electrons. The molecule has 26 heavy (non-hydrogen) atoms. The van der Waals surface area contributed by atoms with Gasteiger partial charge in [-0.2, -0.15) is 5.10 Å². The summed E-state index contributed by atoms with van der Waals surface area (Å²) in [6.45, 7) is 4.00. The Hall–Kier alpha value is -1.74. The highest BCUT2D eigenvalue weighted by molar-refractivity contribution is 7.91. The van der Waals surface area contributed by atoms with Crippen LogP contribution in [0.25, 0.3) is 11.3 Å². The zero-order chi connectivity index (χ0) is 18.9. The van der Waals surface area contributed by atoms with Gasteiger partial charge in [0.15, 0.2) is 0 Å². The molecule has 9 heteroatoms. The quantitative estimate of drug-likeness (QED) is 0.648. The van der Waals surface area contributed by atoms with Gasteiger partial charge in [0.1, 0.15) is 10.0 Å². The molecule has 0 aliphatic rings. The van der Waals surface area contributed by atoms with Crippen molar-refractivity contribution < 1.29 is 12.8 Å². The first kappa shape index (κ1) is 19.0. The molecule has 0 saturated carbocycles. The van der Waals surface area contributed by atoms with Crippen molar-refractivity contribution in [1.29, 1.82) is 0 Å². The van der Waals surface area contributed by atoms with E-state index in [1.807, 2.05) is 24.6 Å². The molecule has 0 unspecified atom stereocenters. The van der Waals surface area contributed by atoms with Crippen molar-refractivity contribution in [1.82, 2.24) is 14.5 Å². The standard InChI is InChI=1S/C17H17ClFN3O2S2/c1-11(2)22-16(5-6-20-22)13-7-17(25-10-13)26(23,24)21-9-12-3-4-14(19)8-15(12)18/h3-8,10-11,21H,9H2,1-2H3. The van der Waals surface area contributed by atoms with Crippen LogP contribution in [-0.2, 0) is 16.6 Å². The van der Waals surface area contributed by atoms with Crippen LogP contribution in [0.15, 0.2) is 46.1 Å². The fourth-order valence-electron chi connectivity index (χ4n) is 2.46. The van der Waals surface area contributed by atoms with Crippen molar-refractivity contribution in [2.24, 2.45) is 0 Å². The summed E-state index contributed by atoms with van der Waals surface area (Å²) in [5.74, 6) is -0.466. The molecule has 3 rings (SSSR count). The third-order valence-electron chi connectivity index (χ3n) is 3.76. The number of nitrogens with zero attached hydrogens (tertiary/aromatic N) is 2. The summed E-state index contributed by atoms with van der Waals surface area (Å²) in [7, 11) is -3.70. The van der Waals surface area contributed by atoms with E-state index in [4.69, 9.17) is 11.6 Å². The first-order valence-corrected chi connectivity index (χ1v) is 10.6. The number of sulfonamides is 1. The Labute approximate surface area is 160 Å². The summed E-state index contributed by atoms with van der Waals surface area (Å²) in [5, 5.41) is 6.24. The predicted octanol–water partition coefficient (Wildman–Crippen LogP) is 4.46. The molecule has 0 aliphatic carbocycles. The second-order valence-corrected chi connectivity index (χ2v) is 9.28. The summed E-state index contributed by atoms with van der Waals surface area (Å²) in [4.78, 5) is 0. The summed E-state index contributed by atoms with van der Waals surface area (Å²) in [5.41, 5.74) is 2.16. The van der Waals surface area contributed by atoms with E-state index in [9.17, 15) is 12.8 Å². The van der Waals surface area contributed by atoms with Crippen LogP contribution in [0.1, 0.15) is 25.5 Å². The van der Waals surface area contributed by atoms with Gasteiger partial charge in [-0.15, -0.1) is 11.3 Å². The zero-order valence-corrected chi connectivity index (χ0v) is 16.5. The number of thiophene rings is 1. The maximum absolute atomic E-state index is 13.1. The normalized spacial score (nSPS) is 12.0. The van der Waals surface area contributed by atoms with Gasteiger partial charge in [0, 0.05) is 34.7 Å². The van der Waals surface area contributed by atoms with Crippen LogP contribution >= 0.6 is 22.9 Å². The molecule has 0 bridgehead atoms. The number of hydrogen-bond donors (Lipinski definition) is 1. The van der Waals surface area contributed by atoms with Crippen LogP contribution in [0.4, 0.5) is 4.39 Å². The number of hydrogen-bond acceptors (Lipinski definition) is 4. The average Bonchev–Trinajstić information content (AvgIpc) is 3.23. The van der Waals surface area contributed by atoms with E-state index in [1.54, 1.807) is 17.6 Å². The summed E-state index contributed by atoms with van der Waals surface area (Å²) in [6.07, 6.45) is 1.69. The number of aromatic nitrogens is 2. The van der Waals surface area contributed by atoms with Crippen molar-refractivity contribution in [3.63, 3.8) is 0 Å². The molecule has 1 N–H and O–H groups in total. The van der Waals surface area contributed by atoms with Gasteiger partial charge >= 0.3 is 0 Å². The second-order valence-electron chi connectivity index (χ2n) is 5.97. The summed E-state index contributed by atoms with van der Waals surface area (Å²) >= 11 is 7.07. The molecule has 0 fully saturated rings. The van der Waals surface area contributed by atoms with Crippen molar-refractivity contribution >= 4 is 33.0 Å². The molecule has 0 aliphatic heterocycles. The molecule has 0 atom stereocenters. The molecule has 1 aromatic carbocycles. The molecule has 2 aromatic heterocycles. The van der Waals surface area contributed by atoms with Gasteiger partial charge in [-0.3, -0.25) is 4.68 Å². The fraction of sp³-hybridized carbons (Fsp3) is 0.235. The molecule has 2 heterocycles. The lowest BCUT2D eigenvalue weighted by molar-refractivity contribution is 0.538. The Morgan fingerprint density at radius 3 is 2.77 bits per heavy atom. The maximum atomic E-state index is 13.1. The third kappa shape index (κ3) is 3.98.